The second-order valence-electron chi connectivity index (χ2n) is 3.86. The minimum atomic E-state index is -2.18. The van der Waals surface area contributed by atoms with Crippen LogP contribution in [0.2, 0.25) is 5.02 Å². The van der Waals surface area contributed by atoms with E-state index in [0.29, 0.717) is 0 Å². The van der Waals surface area contributed by atoms with Gasteiger partial charge in [0.1, 0.15) is 0 Å². The van der Waals surface area contributed by atoms with Crippen molar-refractivity contribution in [3.63, 3.8) is 0 Å². The Bertz CT molecular complexity index is 638. The van der Waals surface area contributed by atoms with Gasteiger partial charge in [0.15, 0.2) is 23.3 Å². The van der Waals surface area contributed by atoms with E-state index < -0.39 is 34.6 Å². The molecule has 0 saturated carbocycles. The summed E-state index contributed by atoms with van der Waals surface area (Å²) >= 11 is 5.77. The van der Waals surface area contributed by atoms with Crippen LogP contribution in [0.4, 0.5) is 22.0 Å². The Morgan fingerprint density at radius 1 is 0.789 bits per heavy atom. The highest BCUT2D eigenvalue weighted by Gasteiger charge is 2.27. The van der Waals surface area contributed by atoms with Crippen molar-refractivity contribution in [3.05, 3.63) is 57.9 Å². The number of benzene rings is 2. The minimum absolute atomic E-state index is 0.139. The molecule has 0 aliphatic carbocycles. The van der Waals surface area contributed by atoms with Crippen LogP contribution in [0.5, 0.6) is 0 Å². The van der Waals surface area contributed by atoms with Crippen LogP contribution in [0.3, 0.4) is 0 Å². The van der Waals surface area contributed by atoms with Gasteiger partial charge in [-0.3, -0.25) is 0 Å². The summed E-state index contributed by atoms with van der Waals surface area (Å²) in [6.45, 7) is 1.43. The van der Waals surface area contributed by atoms with E-state index in [1.807, 2.05) is 0 Å². The van der Waals surface area contributed by atoms with Gasteiger partial charge in [0.05, 0.1) is 5.56 Å². The molecule has 0 radical (unpaired) electrons. The topological polar surface area (TPSA) is 0 Å². The lowest BCUT2D eigenvalue weighted by Gasteiger charge is -2.11. The second kappa shape index (κ2) is 4.81. The minimum Gasteiger partial charge on any atom is -0.203 e. The highest BCUT2D eigenvalue weighted by Crippen LogP contribution is 2.35. The number of hydrogen-bond donors (Lipinski definition) is 0. The Hall–Kier alpha value is -1.62. The third-order valence-electron chi connectivity index (χ3n) is 2.75. The first-order valence-electron chi connectivity index (χ1n) is 5.13. The molecule has 19 heavy (non-hydrogen) atoms. The quantitative estimate of drug-likeness (QED) is 0.394. The van der Waals surface area contributed by atoms with Crippen molar-refractivity contribution in [2.75, 3.05) is 0 Å². The van der Waals surface area contributed by atoms with E-state index in [2.05, 4.69) is 0 Å². The molecule has 0 atom stereocenters. The van der Waals surface area contributed by atoms with Crippen molar-refractivity contribution in [2.45, 2.75) is 6.92 Å². The molecule has 0 amide bonds. The van der Waals surface area contributed by atoms with E-state index in [0.717, 1.165) is 0 Å². The molecule has 0 bridgehead atoms. The maximum Gasteiger partial charge on any atom is 0.200 e. The molecule has 0 spiro atoms. The van der Waals surface area contributed by atoms with Gasteiger partial charge < -0.3 is 0 Å². The normalized spacial score (nSPS) is 10.9. The van der Waals surface area contributed by atoms with Gasteiger partial charge in [-0.25, -0.2) is 22.0 Å². The Morgan fingerprint density at radius 2 is 1.26 bits per heavy atom. The van der Waals surface area contributed by atoms with Gasteiger partial charge in [-0.15, -0.1) is 0 Å². The molecule has 0 nitrogen and oxygen atoms in total. The predicted molar refractivity (Wildman–Crippen MR) is 61.4 cm³/mol. The lowest BCUT2D eigenvalue weighted by molar-refractivity contribution is 0.381. The Kier molecular flexibility index (Phi) is 3.49. The summed E-state index contributed by atoms with van der Waals surface area (Å²) in [4.78, 5) is 0. The van der Waals surface area contributed by atoms with Crippen molar-refractivity contribution >= 4 is 11.6 Å². The maximum atomic E-state index is 13.6. The lowest BCUT2D eigenvalue weighted by Crippen LogP contribution is -2.04. The third kappa shape index (κ3) is 2.08. The molecule has 6 heteroatoms. The van der Waals surface area contributed by atoms with Crippen LogP contribution in [0, 0.1) is 36.0 Å². The molecule has 0 N–H and O–H groups in total. The fourth-order valence-corrected chi connectivity index (χ4v) is 1.89. The van der Waals surface area contributed by atoms with Crippen molar-refractivity contribution in [3.8, 4) is 11.1 Å². The summed E-state index contributed by atoms with van der Waals surface area (Å²) in [5.74, 6) is -9.89. The largest absolute Gasteiger partial charge is 0.203 e. The fraction of sp³-hybridized carbons (Fsp3) is 0.0769. The first kappa shape index (κ1) is 13.8. The van der Waals surface area contributed by atoms with Crippen LogP contribution in [0.1, 0.15) is 5.56 Å². The molecule has 0 heterocycles. The summed E-state index contributed by atoms with van der Waals surface area (Å²) in [6.07, 6.45) is 0. The van der Waals surface area contributed by atoms with E-state index in [1.165, 1.54) is 25.1 Å². The lowest BCUT2D eigenvalue weighted by atomic mass is 9.99. The molecule has 0 aromatic heterocycles. The van der Waals surface area contributed by atoms with Crippen molar-refractivity contribution < 1.29 is 22.0 Å². The molecule has 0 unspecified atom stereocenters. The monoisotopic (exact) mass is 292 g/mol. The first-order chi connectivity index (χ1) is 8.86. The molecule has 0 fully saturated rings. The predicted octanol–water partition coefficient (Wildman–Crippen LogP) is 5.01. The highest BCUT2D eigenvalue weighted by molar-refractivity contribution is 6.31. The molecular formula is C13H6ClF5. The van der Waals surface area contributed by atoms with E-state index >= 15 is 0 Å². The Balaban J connectivity index is 2.87. The summed E-state index contributed by atoms with van der Waals surface area (Å²) in [7, 11) is 0. The van der Waals surface area contributed by atoms with E-state index in [1.54, 1.807) is 0 Å². The molecule has 100 valence electrons. The van der Waals surface area contributed by atoms with Crippen LogP contribution in [0.25, 0.3) is 11.1 Å². The van der Waals surface area contributed by atoms with Gasteiger partial charge in [0.25, 0.3) is 0 Å². The first-order valence-corrected chi connectivity index (χ1v) is 5.51. The fourth-order valence-electron chi connectivity index (χ4n) is 1.72. The highest BCUT2D eigenvalue weighted by atomic mass is 35.5. The zero-order valence-corrected chi connectivity index (χ0v) is 10.3. The van der Waals surface area contributed by atoms with Crippen LogP contribution in [0.15, 0.2) is 18.2 Å². The molecule has 0 saturated heterocycles. The molecule has 2 aromatic rings. The molecule has 2 aromatic carbocycles. The standard InChI is InChI=1S/C13H6ClF5/c1-5-6(3-2-4-7(5)14)8-9(15)11(17)13(19)12(18)10(8)16/h2-4H,1H3. The van der Waals surface area contributed by atoms with Gasteiger partial charge >= 0.3 is 0 Å². The average Bonchev–Trinajstić information content (AvgIpc) is 2.39. The number of halogens is 6. The van der Waals surface area contributed by atoms with Gasteiger partial charge in [-0.1, -0.05) is 23.7 Å². The zero-order valence-electron chi connectivity index (χ0n) is 9.50. The summed E-state index contributed by atoms with van der Waals surface area (Å²) in [5, 5.41) is 0.168. The van der Waals surface area contributed by atoms with E-state index in [-0.39, 0.29) is 16.1 Å². The van der Waals surface area contributed by atoms with Crippen LogP contribution < -0.4 is 0 Å². The smallest absolute Gasteiger partial charge is 0.200 e. The molecule has 2 rings (SSSR count). The van der Waals surface area contributed by atoms with Crippen LogP contribution in [-0.2, 0) is 0 Å². The van der Waals surface area contributed by atoms with E-state index in [9.17, 15) is 22.0 Å². The Morgan fingerprint density at radius 3 is 1.79 bits per heavy atom. The van der Waals surface area contributed by atoms with Gasteiger partial charge in [-0.2, -0.15) is 0 Å². The van der Waals surface area contributed by atoms with E-state index in [4.69, 9.17) is 11.6 Å². The second-order valence-corrected chi connectivity index (χ2v) is 4.26. The average molecular weight is 293 g/mol. The van der Waals surface area contributed by atoms with Gasteiger partial charge in [0, 0.05) is 5.02 Å². The van der Waals surface area contributed by atoms with Gasteiger partial charge in [0.2, 0.25) is 5.82 Å². The summed E-state index contributed by atoms with van der Waals surface area (Å²) in [6, 6.07) is 4.05. The van der Waals surface area contributed by atoms with Crippen LogP contribution >= 0.6 is 11.6 Å². The number of hydrogen-bond acceptors (Lipinski definition) is 0. The molecule has 0 aliphatic rings. The van der Waals surface area contributed by atoms with Crippen LogP contribution in [-0.4, -0.2) is 0 Å². The maximum absolute atomic E-state index is 13.6. The molecule has 0 aliphatic heterocycles. The number of rotatable bonds is 1. The summed E-state index contributed by atoms with van der Waals surface area (Å²) in [5.41, 5.74) is -0.885. The molecular weight excluding hydrogens is 287 g/mol. The SMILES string of the molecule is Cc1c(Cl)cccc1-c1c(F)c(F)c(F)c(F)c1F. The van der Waals surface area contributed by atoms with Gasteiger partial charge in [-0.05, 0) is 24.1 Å². The van der Waals surface area contributed by atoms with Crippen molar-refractivity contribution in [2.24, 2.45) is 0 Å². The zero-order chi connectivity index (χ0) is 14.3. The third-order valence-corrected chi connectivity index (χ3v) is 3.16. The Labute approximate surface area is 110 Å². The summed E-state index contributed by atoms with van der Waals surface area (Å²) < 4.78 is 66.5. The van der Waals surface area contributed by atoms with Crippen molar-refractivity contribution in [1.29, 1.82) is 0 Å². The van der Waals surface area contributed by atoms with Crippen molar-refractivity contribution in [1.82, 2.24) is 0 Å².